The van der Waals surface area contributed by atoms with Crippen molar-refractivity contribution in [2.45, 2.75) is 67.2 Å². The van der Waals surface area contributed by atoms with Gasteiger partial charge in [-0.2, -0.15) is 0 Å². The second kappa shape index (κ2) is 9.94. The summed E-state index contributed by atoms with van der Waals surface area (Å²) in [6.45, 7) is 14.4. The van der Waals surface area contributed by atoms with Crippen LogP contribution in [0, 0.1) is 5.41 Å². The van der Waals surface area contributed by atoms with Crippen molar-refractivity contribution in [1.29, 1.82) is 0 Å². The van der Waals surface area contributed by atoms with Crippen LogP contribution in [0.2, 0.25) is 0 Å². The number of rotatable bonds is 10. The summed E-state index contributed by atoms with van der Waals surface area (Å²) in [7, 11) is 0. The second-order valence-electron chi connectivity index (χ2n) is 5.75. The van der Waals surface area contributed by atoms with Crippen LogP contribution in [-0.4, -0.2) is 13.2 Å². The molecule has 2 heteroatoms. The quantitative estimate of drug-likeness (QED) is 0.490. The van der Waals surface area contributed by atoms with Crippen LogP contribution in [0.3, 0.4) is 0 Å². The highest BCUT2D eigenvalue weighted by Crippen LogP contribution is 2.18. The summed E-state index contributed by atoms with van der Waals surface area (Å²) in [6.07, 6.45) is 8.08. The highest BCUT2D eigenvalue weighted by Gasteiger charge is 2.19. The van der Waals surface area contributed by atoms with Gasteiger partial charge in [-0.05, 0) is 36.8 Å². The molecule has 0 unspecified atom stereocenters. The van der Waals surface area contributed by atoms with E-state index in [0.29, 0.717) is 13.2 Å². The Hall–Kier alpha value is -0.920. The SMILES string of the molecule is CCC(=COCC(C)(C)COC=C(CC)CC)CC. The van der Waals surface area contributed by atoms with E-state index in [2.05, 4.69) is 41.5 Å². The molecule has 0 aromatic heterocycles. The Kier molecular flexibility index (Phi) is 9.46. The summed E-state index contributed by atoms with van der Waals surface area (Å²) in [6, 6.07) is 0. The third-order valence-corrected chi connectivity index (χ3v) is 3.26. The molecule has 0 bridgehead atoms. The van der Waals surface area contributed by atoms with Crippen LogP contribution in [0.4, 0.5) is 0 Å². The fourth-order valence-electron chi connectivity index (χ4n) is 1.65. The Bertz CT molecular complexity index is 248. The fourth-order valence-corrected chi connectivity index (χ4v) is 1.65. The van der Waals surface area contributed by atoms with E-state index in [1.54, 1.807) is 0 Å². The van der Waals surface area contributed by atoms with Gasteiger partial charge in [0, 0.05) is 5.41 Å². The maximum absolute atomic E-state index is 5.69. The van der Waals surface area contributed by atoms with Crippen molar-refractivity contribution in [3.8, 4) is 0 Å². The Morgan fingerprint density at radius 3 is 1.32 bits per heavy atom. The predicted octanol–water partition coefficient (Wildman–Crippen LogP) is 5.45. The molecule has 0 heterocycles. The van der Waals surface area contributed by atoms with Crippen molar-refractivity contribution in [1.82, 2.24) is 0 Å². The van der Waals surface area contributed by atoms with Gasteiger partial charge in [-0.15, -0.1) is 0 Å². The van der Waals surface area contributed by atoms with E-state index in [4.69, 9.17) is 9.47 Å². The first-order chi connectivity index (χ1) is 8.99. The zero-order valence-electron chi connectivity index (χ0n) is 13.7. The van der Waals surface area contributed by atoms with E-state index >= 15 is 0 Å². The molecule has 0 fully saturated rings. The van der Waals surface area contributed by atoms with Crippen molar-refractivity contribution >= 4 is 0 Å². The summed E-state index contributed by atoms with van der Waals surface area (Å²) < 4.78 is 11.4. The average molecular weight is 268 g/mol. The van der Waals surface area contributed by atoms with Gasteiger partial charge < -0.3 is 9.47 Å². The standard InChI is InChI=1S/C17H32O2/c1-7-15(8-2)11-18-13-17(5,6)14-19-12-16(9-3)10-4/h11-12H,7-10,13-14H2,1-6H3. The smallest absolute Gasteiger partial charge is 0.0956 e. The van der Waals surface area contributed by atoms with Crippen molar-refractivity contribution in [2.24, 2.45) is 5.41 Å². The summed E-state index contributed by atoms with van der Waals surface area (Å²) in [5.41, 5.74) is 2.75. The molecule has 0 aliphatic carbocycles. The molecule has 0 aromatic rings. The normalized spacial score (nSPS) is 10.8. The van der Waals surface area contributed by atoms with Crippen molar-refractivity contribution in [3.05, 3.63) is 23.7 Å². The zero-order chi connectivity index (χ0) is 14.7. The van der Waals surface area contributed by atoms with Crippen molar-refractivity contribution in [2.75, 3.05) is 13.2 Å². The number of hydrogen-bond donors (Lipinski definition) is 0. The monoisotopic (exact) mass is 268 g/mol. The molecular formula is C17H32O2. The molecule has 0 N–H and O–H groups in total. The minimum Gasteiger partial charge on any atom is -0.501 e. The summed E-state index contributed by atoms with van der Waals surface area (Å²) in [4.78, 5) is 0. The van der Waals surface area contributed by atoms with Gasteiger partial charge in [-0.25, -0.2) is 0 Å². The van der Waals surface area contributed by atoms with Gasteiger partial charge in [0.25, 0.3) is 0 Å². The molecular weight excluding hydrogens is 236 g/mol. The maximum Gasteiger partial charge on any atom is 0.0956 e. The van der Waals surface area contributed by atoms with E-state index in [9.17, 15) is 0 Å². The van der Waals surface area contributed by atoms with Gasteiger partial charge in [-0.3, -0.25) is 0 Å². The average Bonchev–Trinajstić information content (AvgIpc) is 2.39. The molecule has 0 aromatic carbocycles. The highest BCUT2D eigenvalue weighted by atomic mass is 16.5. The molecule has 0 atom stereocenters. The summed E-state index contributed by atoms with van der Waals surface area (Å²) in [5.74, 6) is 0. The zero-order valence-corrected chi connectivity index (χ0v) is 13.7. The van der Waals surface area contributed by atoms with Crippen molar-refractivity contribution < 1.29 is 9.47 Å². The molecule has 0 saturated heterocycles. The lowest BCUT2D eigenvalue weighted by Crippen LogP contribution is -2.23. The van der Waals surface area contributed by atoms with E-state index in [-0.39, 0.29) is 5.41 Å². The molecule has 2 nitrogen and oxygen atoms in total. The first-order valence-electron chi connectivity index (χ1n) is 7.58. The van der Waals surface area contributed by atoms with Crippen LogP contribution in [-0.2, 0) is 9.47 Å². The van der Waals surface area contributed by atoms with E-state index < -0.39 is 0 Å². The van der Waals surface area contributed by atoms with Crippen LogP contribution in [0.25, 0.3) is 0 Å². The van der Waals surface area contributed by atoms with Crippen molar-refractivity contribution in [3.63, 3.8) is 0 Å². The van der Waals surface area contributed by atoms with E-state index in [1.807, 2.05) is 12.5 Å². The number of hydrogen-bond acceptors (Lipinski definition) is 2. The topological polar surface area (TPSA) is 18.5 Å². The molecule has 19 heavy (non-hydrogen) atoms. The number of allylic oxidation sites excluding steroid dienone is 2. The van der Waals surface area contributed by atoms with Gasteiger partial charge in [0.05, 0.1) is 25.7 Å². The van der Waals surface area contributed by atoms with Crippen LogP contribution >= 0.6 is 0 Å². The number of ether oxygens (including phenoxy) is 2. The van der Waals surface area contributed by atoms with E-state index in [0.717, 1.165) is 25.7 Å². The van der Waals surface area contributed by atoms with Gasteiger partial charge in [0.15, 0.2) is 0 Å². The lowest BCUT2D eigenvalue weighted by molar-refractivity contribution is 0.0638. The molecule has 0 aliphatic heterocycles. The Balaban J connectivity index is 4.11. The van der Waals surface area contributed by atoms with Gasteiger partial charge in [-0.1, -0.05) is 41.5 Å². The Labute approximate surface area is 119 Å². The van der Waals surface area contributed by atoms with E-state index in [1.165, 1.54) is 11.1 Å². The van der Waals surface area contributed by atoms with Gasteiger partial charge in [0.2, 0.25) is 0 Å². The summed E-state index contributed by atoms with van der Waals surface area (Å²) in [5, 5.41) is 0. The molecule has 0 rings (SSSR count). The fraction of sp³-hybridized carbons (Fsp3) is 0.765. The first-order valence-corrected chi connectivity index (χ1v) is 7.58. The third-order valence-electron chi connectivity index (χ3n) is 3.26. The maximum atomic E-state index is 5.69. The van der Waals surface area contributed by atoms with Crippen LogP contribution in [0.15, 0.2) is 23.7 Å². The second-order valence-corrected chi connectivity index (χ2v) is 5.75. The summed E-state index contributed by atoms with van der Waals surface area (Å²) >= 11 is 0. The third kappa shape index (κ3) is 8.74. The lowest BCUT2D eigenvalue weighted by atomic mass is 9.96. The minimum absolute atomic E-state index is 0.0339. The molecule has 0 amide bonds. The molecule has 112 valence electrons. The first kappa shape index (κ1) is 18.1. The predicted molar refractivity (Wildman–Crippen MR) is 83.0 cm³/mol. The van der Waals surface area contributed by atoms with Crippen LogP contribution in [0.1, 0.15) is 67.2 Å². The van der Waals surface area contributed by atoms with Crippen LogP contribution in [0.5, 0.6) is 0 Å². The van der Waals surface area contributed by atoms with Crippen LogP contribution < -0.4 is 0 Å². The van der Waals surface area contributed by atoms with Gasteiger partial charge in [0.1, 0.15) is 0 Å². The largest absolute Gasteiger partial charge is 0.501 e. The molecule has 0 aliphatic rings. The highest BCUT2D eigenvalue weighted by molar-refractivity contribution is 4.96. The Morgan fingerprint density at radius 1 is 0.737 bits per heavy atom. The minimum atomic E-state index is 0.0339. The molecule has 0 radical (unpaired) electrons. The lowest BCUT2D eigenvalue weighted by Gasteiger charge is -2.23. The molecule has 0 spiro atoms. The van der Waals surface area contributed by atoms with Gasteiger partial charge >= 0.3 is 0 Å². The Morgan fingerprint density at radius 2 is 1.05 bits per heavy atom. The molecule has 0 saturated carbocycles.